The molecule has 0 saturated carbocycles. The SMILES string of the molecule is COCc1c(Br)c(C)n(CC(=O)N/N=C\c2cn(CCOc3ccccc3)c3ccccc23)c(=O)c1C#N. The molecular weight excluding hydrogens is 550 g/mol. The lowest BCUT2D eigenvalue weighted by Gasteiger charge is -2.15. The van der Waals surface area contributed by atoms with Gasteiger partial charge >= 0.3 is 0 Å². The summed E-state index contributed by atoms with van der Waals surface area (Å²) in [4.78, 5) is 25.5. The zero-order valence-corrected chi connectivity index (χ0v) is 22.6. The first kappa shape index (κ1) is 26.9. The smallest absolute Gasteiger partial charge is 0.269 e. The van der Waals surface area contributed by atoms with Gasteiger partial charge in [-0.05, 0) is 41.1 Å². The number of para-hydroxylation sites is 2. The zero-order chi connectivity index (χ0) is 27.1. The summed E-state index contributed by atoms with van der Waals surface area (Å²) in [6.45, 7) is 2.63. The van der Waals surface area contributed by atoms with Crippen LogP contribution in [0.2, 0.25) is 0 Å². The fourth-order valence-corrected chi connectivity index (χ4v) is 4.67. The maximum absolute atomic E-state index is 12.9. The van der Waals surface area contributed by atoms with Crippen LogP contribution in [0.15, 0.2) is 75.2 Å². The number of hydrazone groups is 1. The second-order valence-corrected chi connectivity index (χ2v) is 9.23. The van der Waals surface area contributed by atoms with Gasteiger partial charge in [0.15, 0.2) is 0 Å². The molecule has 0 radical (unpaired) electrons. The number of amides is 1. The number of aromatic nitrogens is 2. The summed E-state index contributed by atoms with van der Waals surface area (Å²) < 4.78 is 14.8. The number of fused-ring (bicyclic) bond motifs is 1. The summed E-state index contributed by atoms with van der Waals surface area (Å²) in [5.74, 6) is 0.312. The van der Waals surface area contributed by atoms with Crippen molar-refractivity contribution in [1.82, 2.24) is 14.6 Å². The number of pyridine rings is 1. The molecular formula is C28H26BrN5O4. The van der Waals surface area contributed by atoms with Crippen LogP contribution in [0.3, 0.4) is 0 Å². The van der Waals surface area contributed by atoms with Crippen molar-refractivity contribution in [3.8, 4) is 11.8 Å². The number of hydrogen-bond donors (Lipinski definition) is 1. The van der Waals surface area contributed by atoms with Gasteiger partial charge in [0.1, 0.15) is 30.5 Å². The molecule has 10 heteroatoms. The quantitative estimate of drug-likeness (QED) is 0.226. The molecule has 2 heterocycles. The number of halogens is 1. The lowest BCUT2D eigenvalue weighted by atomic mass is 10.1. The molecule has 0 fully saturated rings. The molecule has 0 aliphatic rings. The Kier molecular flexibility index (Phi) is 8.73. The highest BCUT2D eigenvalue weighted by atomic mass is 79.9. The topological polar surface area (TPSA) is 111 Å². The average Bonchev–Trinajstić information content (AvgIpc) is 3.28. The third kappa shape index (κ3) is 5.85. The lowest BCUT2D eigenvalue weighted by molar-refractivity contribution is -0.121. The van der Waals surface area contributed by atoms with Crippen molar-refractivity contribution in [3.05, 3.63) is 98.0 Å². The highest BCUT2D eigenvalue weighted by Crippen LogP contribution is 2.23. The molecule has 2 aromatic heterocycles. The van der Waals surface area contributed by atoms with E-state index in [9.17, 15) is 14.9 Å². The molecule has 0 saturated heterocycles. The summed E-state index contributed by atoms with van der Waals surface area (Å²) >= 11 is 3.42. The van der Waals surface area contributed by atoms with Crippen LogP contribution in [-0.2, 0) is 29.2 Å². The molecule has 1 N–H and O–H groups in total. The largest absolute Gasteiger partial charge is 0.492 e. The van der Waals surface area contributed by atoms with Gasteiger partial charge in [0.25, 0.3) is 11.5 Å². The van der Waals surface area contributed by atoms with E-state index >= 15 is 0 Å². The first-order valence-electron chi connectivity index (χ1n) is 11.8. The van der Waals surface area contributed by atoms with Gasteiger partial charge in [-0.25, -0.2) is 5.43 Å². The second kappa shape index (κ2) is 12.4. The van der Waals surface area contributed by atoms with Gasteiger partial charge in [0.2, 0.25) is 0 Å². The summed E-state index contributed by atoms with van der Waals surface area (Å²) in [6, 6.07) is 19.5. The van der Waals surface area contributed by atoms with E-state index in [0.717, 1.165) is 22.2 Å². The van der Waals surface area contributed by atoms with Crippen molar-refractivity contribution in [2.45, 2.75) is 26.6 Å². The minimum absolute atomic E-state index is 0.0651. The predicted molar refractivity (Wildman–Crippen MR) is 148 cm³/mol. The van der Waals surface area contributed by atoms with Crippen molar-refractivity contribution in [2.24, 2.45) is 5.10 Å². The van der Waals surface area contributed by atoms with Crippen molar-refractivity contribution < 1.29 is 14.3 Å². The van der Waals surface area contributed by atoms with Crippen LogP contribution >= 0.6 is 15.9 Å². The number of nitrogens with zero attached hydrogens (tertiary/aromatic N) is 4. The molecule has 0 atom stereocenters. The van der Waals surface area contributed by atoms with Gasteiger partial charge in [-0.15, -0.1) is 0 Å². The van der Waals surface area contributed by atoms with Gasteiger partial charge in [-0.1, -0.05) is 36.4 Å². The number of rotatable bonds is 10. The molecule has 38 heavy (non-hydrogen) atoms. The number of benzene rings is 2. The molecule has 0 aliphatic heterocycles. The standard InChI is InChI=1S/C28H26BrN5O4/c1-19-27(29)24(18-37-2)23(14-30)28(36)34(19)17-26(35)32-31-15-20-16-33(25-11-7-6-10-22(20)25)12-13-38-21-8-4-3-5-9-21/h3-11,15-16H,12-13,17-18H2,1-2H3,(H,32,35)/b31-15-. The van der Waals surface area contributed by atoms with E-state index in [1.165, 1.54) is 11.7 Å². The molecule has 0 spiro atoms. The van der Waals surface area contributed by atoms with E-state index in [4.69, 9.17) is 9.47 Å². The van der Waals surface area contributed by atoms with Crippen molar-refractivity contribution >= 4 is 39.0 Å². The number of ether oxygens (including phenoxy) is 2. The Balaban J connectivity index is 1.47. The zero-order valence-electron chi connectivity index (χ0n) is 21.0. The highest BCUT2D eigenvalue weighted by molar-refractivity contribution is 9.10. The van der Waals surface area contributed by atoms with Crippen LogP contribution < -0.4 is 15.7 Å². The van der Waals surface area contributed by atoms with E-state index in [-0.39, 0.29) is 18.7 Å². The Bertz CT molecular complexity index is 1590. The lowest BCUT2D eigenvalue weighted by Crippen LogP contribution is -2.33. The van der Waals surface area contributed by atoms with Crippen LogP contribution in [0.5, 0.6) is 5.75 Å². The fraction of sp³-hybridized carbons (Fsp3) is 0.214. The second-order valence-electron chi connectivity index (χ2n) is 8.44. The van der Waals surface area contributed by atoms with Crippen molar-refractivity contribution in [2.75, 3.05) is 13.7 Å². The molecule has 194 valence electrons. The number of hydrogen-bond acceptors (Lipinski definition) is 6. The number of nitriles is 1. The van der Waals surface area contributed by atoms with Gasteiger partial charge in [-0.2, -0.15) is 10.4 Å². The molecule has 4 rings (SSSR count). The maximum atomic E-state index is 12.9. The minimum atomic E-state index is -0.555. The maximum Gasteiger partial charge on any atom is 0.269 e. The summed E-state index contributed by atoms with van der Waals surface area (Å²) in [6.07, 6.45) is 3.52. The van der Waals surface area contributed by atoms with Crippen molar-refractivity contribution in [3.63, 3.8) is 0 Å². The first-order chi connectivity index (χ1) is 18.4. The van der Waals surface area contributed by atoms with E-state index in [1.807, 2.05) is 66.9 Å². The van der Waals surface area contributed by atoms with Gasteiger partial charge < -0.3 is 18.6 Å². The molecule has 0 bridgehead atoms. The van der Waals surface area contributed by atoms with Crippen LogP contribution in [0.4, 0.5) is 0 Å². The average molecular weight is 576 g/mol. The summed E-state index contributed by atoms with van der Waals surface area (Å²) in [5, 5.41) is 14.6. The van der Waals surface area contributed by atoms with Gasteiger partial charge in [0.05, 0.1) is 19.4 Å². The Hall–Kier alpha value is -4.20. The van der Waals surface area contributed by atoms with E-state index < -0.39 is 11.5 Å². The summed E-state index contributed by atoms with van der Waals surface area (Å²) in [5.41, 5.74) is 4.68. The normalized spacial score (nSPS) is 11.1. The van der Waals surface area contributed by atoms with E-state index in [1.54, 1.807) is 13.1 Å². The molecule has 0 unspecified atom stereocenters. The van der Waals surface area contributed by atoms with Crippen LogP contribution in [0, 0.1) is 18.3 Å². The third-order valence-corrected chi connectivity index (χ3v) is 7.06. The third-order valence-electron chi connectivity index (χ3n) is 6.01. The molecule has 9 nitrogen and oxygen atoms in total. The Labute approximate surface area is 228 Å². The first-order valence-corrected chi connectivity index (χ1v) is 12.6. The Morgan fingerprint density at radius 2 is 1.92 bits per heavy atom. The molecule has 1 amide bonds. The van der Waals surface area contributed by atoms with Crippen LogP contribution in [-0.4, -0.2) is 35.0 Å². The number of carbonyl (C=O) groups excluding carboxylic acids is 1. The Morgan fingerprint density at radius 3 is 2.66 bits per heavy atom. The number of nitrogens with one attached hydrogen (secondary N) is 1. The molecule has 2 aromatic carbocycles. The highest BCUT2D eigenvalue weighted by Gasteiger charge is 2.19. The van der Waals surface area contributed by atoms with Gasteiger partial charge in [0, 0.05) is 45.5 Å². The number of carbonyl (C=O) groups is 1. The van der Waals surface area contributed by atoms with Crippen LogP contribution in [0.1, 0.15) is 22.4 Å². The predicted octanol–water partition coefficient (Wildman–Crippen LogP) is 4.12. The number of methoxy groups -OCH3 is 1. The van der Waals surface area contributed by atoms with Crippen molar-refractivity contribution in [1.29, 1.82) is 5.26 Å². The summed E-state index contributed by atoms with van der Waals surface area (Å²) in [7, 11) is 1.48. The molecule has 0 aliphatic carbocycles. The van der Waals surface area contributed by atoms with Crippen LogP contribution in [0.25, 0.3) is 10.9 Å². The van der Waals surface area contributed by atoms with Gasteiger partial charge in [-0.3, -0.25) is 9.59 Å². The molecule has 4 aromatic rings. The Morgan fingerprint density at radius 1 is 1.18 bits per heavy atom. The monoisotopic (exact) mass is 575 g/mol. The van der Waals surface area contributed by atoms with E-state index in [2.05, 4.69) is 31.0 Å². The van der Waals surface area contributed by atoms with E-state index in [0.29, 0.717) is 28.9 Å². The minimum Gasteiger partial charge on any atom is -0.492 e. The fourth-order valence-electron chi connectivity index (χ4n) is 4.14.